The van der Waals surface area contributed by atoms with Gasteiger partial charge in [0.05, 0.1) is 28.9 Å². The van der Waals surface area contributed by atoms with Gasteiger partial charge >= 0.3 is 0 Å². The highest BCUT2D eigenvalue weighted by atomic mass is 32.2. The summed E-state index contributed by atoms with van der Waals surface area (Å²) in [6.45, 7) is -0.611. The molecular weight excluding hydrogens is 388 g/mol. The Morgan fingerprint density at radius 2 is 2.15 bits per heavy atom. The number of anilines is 1. The maximum Gasteiger partial charge on any atom is 0.275 e. The predicted octanol–water partition coefficient (Wildman–Crippen LogP) is 1.85. The lowest BCUT2D eigenvalue weighted by Gasteiger charge is -2.30. The van der Waals surface area contributed by atoms with E-state index in [0.717, 1.165) is 18.4 Å². The molecule has 0 unspecified atom stereocenters. The minimum Gasteiger partial charge on any atom is -0.487 e. The van der Waals surface area contributed by atoms with Gasteiger partial charge in [-0.25, -0.2) is 21.5 Å². The van der Waals surface area contributed by atoms with Gasteiger partial charge in [0.25, 0.3) is 12.1 Å². The fourth-order valence-electron chi connectivity index (χ4n) is 2.71. The molecule has 1 atom stereocenters. The summed E-state index contributed by atoms with van der Waals surface area (Å²) < 4.78 is 53.9. The van der Waals surface area contributed by atoms with Crippen LogP contribution >= 0.6 is 0 Å². The Morgan fingerprint density at radius 1 is 1.44 bits per heavy atom. The van der Waals surface area contributed by atoms with Crippen LogP contribution in [-0.2, 0) is 14.8 Å². The van der Waals surface area contributed by atoms with Crippen LogP contribution in [0, 0.1) is 16.0 Å². The molecule has 12 heteroatoms. The first-order valence-electron chi connectivity index (χ1n) is 8.02. The van der Waals surface area contributed by atoms with E-state index in [-0.39, 0.29) is 18.0 Å². The number of carbonyl (C=O) groups is 1. The Hall–Kier alpha value is -2.34. The maximum atomic E-state index is 12.4. The lowest BCUT2D eigenvalue weighted by Crippen LogP contribution is -2.43. The number of nitrogens with zero attached hydrogens (tertiary/aromatic N) is 2. The second kappa shape index (κ2) is 8.57. The Balaban J connectivity index is 2.15. The van der Waals surface area contributed by atoms with Gasteiger partial charge < -0.3 is 10.1 Å². The third-order valence-electron chi connectivity index (χ3n) is 3.97. The van der Waals surface area contributed by atoms with E-state index in [9.17, 15) is 32.1 Å². The first kappa shape index (κ1) is 21.0. The van der Waals surface area contributed by atoms with Crippen LogP contribution in [0.15, 0.2) is 18.2 Å². The zero-order valence-corrected chi connectivity index (χ0v) is 15.2. The van der Waals surface area contributed by atoms with Crippen LogP contribution in [0.2, 0.25) is 0 Å². The van der Waals surface area contributed by atoms with Crippen LogP contribution in [0.4, 0.5) is 20.2 Å². The predicted molar refractivity (Wildman–Crippen MR) is 92.4 cm³/mol. The zero-order valence-electron chi connectivity index (χ0n) is 14.4. The largest absolute Gasteiger partial charge is 0.487 e. The topological polar surface area (TPSA) is 119 Å². The number of alkyl halides is 2. The molecule has 0 saturated carbocycles. The summed E-state index contributed by atoms with van der Waals surface area (Å²) in [6, 6.07) is 3.25. The fraction of sp³-hybridized carbons (Fsp3) is 0.533. The third kappa shape index (κ3) is 6.10. The van der Waals surface area contributed by atoms with E-state index >= 15 is 0 Å². The fourth-order valence-corrected chi connectivity index (χ4v) is 3.62. The standard InChI is InChI=1S/C15H19F2N3O6S/c1-27(24,25)19-4-2-3-10(8-19)15(21)18-11-5-12(20(22)23)7-13(6-11)26-9-14(16)17/h5-7,10,14H,2-4,8-9H2,1H3,(H,18,21)/t10-/m1/s1. The van der Waals surface area contributed by atoms with E-state index in [1.54, 1.807) is 0 Å². The Labute approximate surface area is 154 Å². The molecule has 1 saturated heterocycles. The molecule has 2 rings (SSSR count). The summed E-state index contributed by atoms with van der Waals surface area (Å²) in [6.07, 6.45) is -0.739. The molecule has 0 bridgehead atoms. The van der Waals surface area contributed by atoms with Crippen molar-refractivity contribution >= 4 is 27.3 Å². The number of benzene rings is 1. The van der Waals surface area contributed by atoms with Gasteiger partial charge in [-0.3, -0.25) is 14.9 Å². The van der Waals surface area contributed by atoms with E-state index in [1.165, 1.54) is 10.4 Å². The molecule has 1 amide bonds. The Kier molecular flexibility index (Phi) is 6.65. The van der Waals surface area contributed by atoms with Gasteiger partial charge in [-0.05, 0) is 12.8 Å². The van der Waals surface area contributed by atoms with Gasteiger partial charge in [-0.1, -0.05) is 0 Å². The van der Waals surface area contributed by atoms with Crippen LogP contribution < -0.4 is 10.1 Å². The average Bonchev–Trinajstić information content (AvgIpc) is 2.59. The van der Waals surface area contributed by atoms with Crippen molar-refractivity contribution in [3.8, 4) is 5.75 Å². The van der Waals surface area contributed by atoms with Crippen LogP contribution in [0.1, 0.15) is 12.8 Å². The molecule has 0 aromatic heterocycles. The summed E-state index contributed by atoms with van der Waals surface area (Å²) in [5.41, 5.74) is -0.423. The summed E-state index contributed by atoms with van der Waals surface area (Å²) in [4.78, 5) is 22.7. The van der Waals surface area contributed by atoms with Crippen molar-refractivity contribution in [1.82, 2.24) is 4.31 Å². The van der Waals surface area contributed by atoms with Crippen molar-refractivity contribution in [2.45, 2.75) is 19.3 Å². The lowest BCUT2D eigenvalue weighted by molar-refractivity contribution is -0.384. The molecular formula is C15H19F2N3O6S. The molecule has 1 aliphatic rings. The molecule has 0 radical (unpaired) electrons. The number of nitro benzene ring substituents is 1. The summed E-state index contributed by atoms with van der Waals surface area (Å²) in [7, 11) is -3.43. The Morgan fingerprint density at radius 3 is 2.74 bits per heavy atom. The molecule has 9 nitrogen and oxygen atoms in total. The number of rotatable bonds is 7. The third-order valence-corrected chi connectivity index (χ3v) is 5.24. The highest BCUT2D eigenvalue weighted by Gasteiger charge is 2.30. The molecule has 0 aliphatic carbocycles. The van der Waals surface area contributed by atoms with Crippen LogP contribution in [0.3, 0.4) is 0 Å². The first-order valence-corrected chi connectivity index (χ1v) is 9.87. The highest BCUT2D eigenvalue weighted by molar-refractivity contribution is 7.88. The number of ether oxygens (including phenoxy) is 1. The monoisotopic (exact) mass is 407 g/mol. The van der Waals surface area contributed by atoms with Gasteiger partial charge in [-0.2, -0.15) is 0 Å². The van der Waals surface area contributed by atoms with Crippen molar-refractivity contribution in [3.63, 3.8) is 0 Å². The molecule has 1 heterocycles. The van der Waals surface area contributed by atoms with Gasteiger partial charge in [0.2, 0.25) is 15.9 Å². The minimum atomic E-state index is -3.43. The second-order valence-corrected chi connectivity index (χ2v) is 8.11. The van der Waals surface area contributed by atoms with Crippen LogP contribution in [0.25, 0.3) is 0 Å². The lowest BCUT2D eigenvalue weighted by atomic mass is 9.98. The number of halogens is 2. The average molecular weight is 407 g/mol. The van der Waals surface area contributed by atoms with Crippen molar-refractivity contribution in [3.05, 3.63) is 28.3 Å². The quantitative estimate of drug-likeness (QED) is 0.544. The second-order valence-electron chi connectivity index (χ2n) is 6.12. The minimum absolute atomic E-state index is 0.00827. The zero-order chi connectivity index (χ0) is 20.2. The van der Waals surface area contributed by atoms with Crippen molar-refractivity contribution in [1.29, 1.82) is 0 Å². The number of amides is 1. The van der Waals surface area contributed by atoms with Gasteiger partial charge in [-0.15, -0.1) is 0 Å². The summed E-state index contributed by atoms with van der Waals surface area (Å²) in [5.74, 6) is -1.32. The van der Waals surface area contributed by atoms with Crippen molar-refractivity contribution in [2.75, 3.05) is 31.3 Å². The van der Waals surface area contributed by atoms with Crippen LogP contribution in [-0.4, -0.2) is 55.9 Å². The normalized spacial score (nSPS) is 18.3. The number of nitrogens with one attached hydrogen (secondary N) is 1. The highest BCUT2D eigenvalue weighted by Crippen LogP contribution is 2.28. The first-order chi connectivity index (χ1) is 12.6. The van der Waals surface area contributed by atoms with E-state index in [1.807, 2.05) is 0 Å². The molecule has 1 aromatic rings. The number of hydrogen-bond acceptors (Lipinski definition) is 6. The number of carbonyl (C=O) groups excluding carboxylic acids is 1. The SMILES string of the molecule is CS(=O)(=O)N1CCC[C@@H](C(=O)Nc2cc(OCC(F)F)cc([N+](=O)[O-])c2)C1. The van der Waals surface area contributed by atoms with E-state index in [4.69, 9.17) is 4.74 Å². The summed E-state index contributed by atoms with van der Waals surface area (Å²) in [5, 5.41) is 13.5. The van der Waals surface area contributed by atoms with Crippen LogP contribution in [0.5, 0.6) is 5.75 Å². The van der Waals surface area contributed by atoms with E-state index in [0.29, 0.717) is 19.4 Å². The van der Waals surface area contributed by atoms with Gasteiger partial charge in [0.1, 0.15) is 12.4 Å². The molecule has 0 spiro atoms. The molecule has 1 aromatic carbocycles. The van der Waals surface area contributed by atoms with Gasteiger partial charge in [0.15, 0.2) is 0 Å². The van der Waals surface area contributed by atoms with Crippen molar-refractivity contribution in [2.24, 2.45) is 5.92 Å². The number of sulfonamides is 1. The molecule has 150 valence electrons. The molecule has 1 fully saturated rings. The number of piperidine rings is 1. The molecule has 27 heavy (non-hydrogen) atoms. The number of hydrogen-bond donors (Lipinski definition) is 1. The molecule has 1 aliphatic heterocycles. The van der Waals surface area contributed by atoms with Crippen molar-refractivity contribution < 1.29 is 31.7 Å². The maximum absolute atomic E-state index is 12.4. The molecule has 1 N–H and O–H groups in total. The Bertz CT molecular complexity index is 818. The van der Waals surface area contributed by atoms with E-state index in [2.05, 4.69) is 5.32 Å². The number of nitro groups is 1. The summed E-state index contributed by atoms with van der Waals surface area (Å²) >= 11 is 0. The smallest absolute Gasteiger partial charge is 0.275 e. The number of non-ortho nitro benzene ring substituents is 1. The van der Waals surface area contributed by atoms with E-state index < -0.39 is 45.5 Å². The van der Waals surface area contributed by atoms with Gasteiger partial charge in [0, 0.05) is 25.2 Å².